The molecule has 0 aromatic rings. The number of nitrogens with zero attached hydrogens (tertiary/aromatic N) is 1. The summed E-state index contributed by atoms with van der Waals surface area (Å²) in [4.78, 5) is 11.4. The minimum absolute atomic E-state index is 0.145. The monoisotopic (exact) mass is 249 g/mol. The van der Waals surface area contributed by atoms with Crippen LogP contribution in [0.1, 0.15) is 44.9 Å². The minimum atomic E-state index is 0.145. The van der Waals surface area contributed by atoms with Gasteiger partial charge in [0.05, 0.1) is 12.0 Å². The molecule has 0 aromatic heterocycles. The molecular formula is C14H23N3O. The summed E-state index contributed by atoms with van der Waals surface area (Å²) in [7, 11) is 0. The van der Waals surface area contributed by atoms with E-state index < -0.39 is 0 Å². The lowest BCUT2D eigenvalue weighted by Crippen LogP contribution is -2.40. The van der Waals surface area contributed by atoms with E-state index in [0.29, 0.717) is 12.6 Å². The van der Waals surface area contributed by atoms with Crippen molar-refractivity contribution in [3.05, 3.63) is 0 Å². The fourth-order valence-electron chi connectivity index (χ4n) is 2.64. The molecule has 1 amide bonds. The predicted octanol–water partition coefficient (Wildman–Crippen LogP) is 1.57. The van der Waals surface area contributed by atoms with E-state index in [0.717, 1.165) is 32.2 Å². The zero-order chi connectivity index (χ0) is 12.8. The highest BCUT2D eigenvalue weighted by Crippen LogP contribution is 2.28. The average Bonchev–Trinajstić information content (AvgIpc) is 3.20. The molecule has 0 radical (unpaired) electrons. The highest BCUT2D eigenvalue weighted by molar-refractivity contribution is 5.80. The predicted molar refractivity (Wildman–Crippen MR) is 69.7 cm³/mol. The third kappa shape index (κ3) is 3.99. The maximum Gasteiger partial charge on any atom is 0.223 e. The second-order valence-corrected chi connectivity index (χ2v) is 5.50. The van der Waals surface area contributed by atoms with Crippen LogP contribution in [0.2, 0.25) is 0 Å². The lowest BCUT2D eigenvalue weighted by molar-refractivity contribution is -0.122. The van der Waals surface area contributed by atoms with Crippen molar-refractivity contribution in [2.45, 2.75) is 51.0 Å². The second kappa shape index (κ2) is 6.75. The molecule has 0 spiro atoms. The number of rotatable bonds is 5. The van der Waals surface area contributed by atoms with E-state index in [9.17, 15) is 4.79 Å². The zero-order valence-electron chi connectivity index (χ0n) is 11.0. The van der Waals surface area contributed by atoms with Crippen LogP contribution < -0.4 is 10.6 Å². The van der Waals surface area contributed by atoms with Crippen LogP contribution in [0, 0.1) is 23.2 Å². The van der Waals surface area contributed by atoms with Gasteiger partial charge in [0, 0.05) is 25.0 Å². The Labute approximate surface area is 109 Å². The van der Waals surface area contributed by atoms with Crippen LogP contribution >= 0.6 is 0 Å². The van der Waals surface area contributed by atoms with E-state index in [1.165, 1.54) is 19.3 Å². The molecule has 2 unspecified atom stereocenters. The molecule has 2 aliphatic rings. The summed E-state index contributed by atoms with van der Waals surface area (Å²) in [5, 5.41) is 15.5. The van der Waals surface area contributed by atoms with E-state index >= 15 is 0 Å². The Morgan fingerprint density at radius 2 is 1.89 bits per heavy atom. The Morgan fingerprint density at radius 1 is 1.11 bits per heavy atom. The first kappa shape index (κ1) is 13.4. The van der Waals surface area contributed by atoms with Crippen molar-refractivity contribution >= 4 is 5.91 Å². The Hall–Kier alpha value is -1.08. The maximum absolute atomic E-state index is 11.4. The van der Waals surface area contributed by atoms with Gasteiger partial charge in [-0.15, -0.1) is 0 Å². The Balaban J connectivity index is 1.64. The number of hydrogen-bond donors (Lipinski definition) is 2. The third-order valence-electron chi connectivity index (χ3n) is 3.96. The average molecular weight is 249 g/mol. The number of nitriles is 1. The van der Waals surface area contributed by atoms with Crippen LogP contribution in [0.25, 0.3) is 0 Å². The Morgan fingerprint density at radius 3 is 2.61 bits per heavy atom. The van der Waals surface area contributed by atoms with Crippen molar-refractivity contribution < 1.29 is 4.79 Å². The van der Waals surface area contributed by atoms with Gasteiger partial charge in [0.25, 0.3) is 0 Å². The van der Waals surface area contributed by atoms with E-state index in [1.807, 2.05) is 0 Å². The fourth-order valence-corrected chi connectivity index (χ4v) is 2.64. The van der Waals surface area contributed by atoms with Gasteiger partial charge in [0.15, 0.2) is 0 Å². The second-order valence-electron chi connectivity index (χ2n) is 5.50. The molecular weight excluding hydrogens is 226 g/mol. The van der Waals surface area contributed by atoms with Gasteiger partial charge in [-0.1, -0.05) is 19.3 Å². The highest BCUT2D eigenvalue weighted by atomic mass is 16.2. The molecule has 2 aliphatic carbocycles. The summed E-state index contributed by atoms with van der Waals surface area (Å²) < 4.78 is 0. The minimum Gasteiger partial charge on any atom is -0.355 e. The van der Waals surface area contributed by atoms with Crippen LogP contribution in [0.5, 0.6) is 0 Å². The van der Waals surface area contributed by atoms with E-state index in [4.69, 9.17) is 5.26 Å². The third-order valence-corrected chi connectivity index (χ3v) is 3.96. The van der Waals surface area contributed by atoms with Gasteiger partial charge in [-0.2, -0.15) is 5.26 Å². The molecule has 0 aromatic carbocycles. The smallest absolute Gasteiger partial charge is 0.223 e. The number of carbonyl (C=O) groups is 1. The lowest BCUT2D eigenvalue weighted by Gasteiger charge is -2.20. The molecule has 18 heavy (non-hydrogen) atoms. The van der Waals surface area contributed by atoms with Crippen molar-refractivity contribution in [2.75, 3.05) is 13.1 Å². The van der Waals surface area contributed by atoms with Crippen molar-refractivity contribution in [2.24, 2.45) is 11.8 Å². The summed E-state index contributed by atoms with van der Waals surface area (Å²) in [5.41, 5.74) is 0. The molecule has 2 saturated carbocycles. The SMILES string of the molecule is N#CC1CCCCCC1NCCNC(=O)C1CC1. The van der Waals surface area contributed by atoms with Crippen LogP contribution in [0.3, 0.4) is 0 Å². The summed E-state index contributed by atoms with van der Waals surface area (Å²) in [6.45, 7) is 1.46. The van der Waals surface area contributed by atoms with Crippen molar-refractivity contribution in [3.63, 3.8) is 0 Å². The first-order valence-corrected chi connectivity index (χ1v) is 7.22. The highest BCUT2D eigenvalue weighted by Gasteiger charge is 2.29. The van der Waals surface area contributed by atoms with E-state index in [-0.39, 0.29) is 17.7 Å². The summed E-state index contributed by atoms with van der Waals surface area (Å²) in [6, 6.07) is 2.74. The Kier molecular flexibility index (Phi) is 5.00. The number of hydrogen-bond acceptors (Lipinski definition) is 3. The number of carbonyl (C=O) groups excluding carboxylic acids is 1. The van der Waals surface area contributed by atoms with Gasteiger partial charge in [-0.25, -0.2) is 0 Å². The Bertz CT molecular complexity index is 319. The lowest BCUT2D eigenvalue weighted by atomic mass is 9.96. The molecule has 100 valence electrons. The zero-order valence-corrected chi connectivity index (χ0v) is 11.0. The molecule has 2 N–H and O–H groups in total. The largest absolute Gasteiger partial charge is 0.355 e. The molecule has 4 nitrogen and oxygen atoms in total. The standard InChI is InChI=1S/C14H23N3O/c15-10-12-4-2-1-3-5-13(12)16-8-9-17-14(18)11-6-7-11/h11-13,16H,1-9H2,(H,17,18). The van der Waals surface area contributed by atoms with Gasteiger partial charge in [0.2, 0.25) is 5.91 Å². The molecule has 2 atom stereocenters. The molecule has 0 saturated heterocycles. The molecule has 2 fully saturated rings. The van der Waals surface area contributed by atoms with Crippen molar-refractivity contribution in [1.82, 2.24) is 10.6 Å². The van der Waals surface area contributed by atoms with Gasteiger partial charge in [-0.05, 0) is 25.7 Å². The van der Waals surface area contributed by atoms with Gasteiger partial charge in [-0.3, -0.25) is 4.79 Å². The summed E-state index contributed by atoms with van der Waals surface area (Å²) >= 11 is 0. The number of nitrogens with one attached hydrogen (secondary N) is 2. The van der Waals surface area contributed by atoms with E-state index in [2.05, 4.69) is 16.7 Å². The summed E-state index contributed by atoms with van der Waals surface area (Å²) in [5.74, 6) is 0.635. The first-order valence-electron chi connectivity index (χ1n) is 7.22. The molecule has 0 aliphatic heterocycles. The topological polar surface area (TPSA) is 64.9 Å². The molecule has 4 heteroatoms. The normalized spacial score (nSPS) is 28.2. The van der Waals surface area contributed by atoms with Crippen LogP contribution in [0.15, 0.2) is 0 Å². The van der Waals surface area contributed by atoms with Gasteiger partial charge in [0.1, 0.15) is 0 Å². The van der Waals surface area contributed by atoms with Crippen LogP contribution in [-0.2, 0) is 4.79 Å². The fraction of sp³-hybridized carbons (Fsp3) is 0.857. The van der Waals surface area contributed by atoms with Crippen molar-refractivity contribution in [1.29, 1.82) is 5.26 Å². The quantitative estimate of drug-likeness (QED) is 0.574. The van der Waals surface area contributed by atoms with Gasteiger partial charge < -0.3 is 10.6 Å². The molecule has 0 bridgehead atoms. The number of amides is 1. The molecule has 2 rings (SSSR count). The van der Waals surface area contributed by atoms with E-state index in [1.54, 1.807) is 0 Å². The first-order chi connectivity index (χ1) is 8.81. The molecule has 0 heterocycles. The van der Waals surface area contributed by atoms with Crippen molar-refractivity contribution in [3.8, 4) is 6.07 Å². The maximum atomic E-state index is 11.4. The van der Waals surface area contributed by atoms with Crippen LogP contribution in [-0.4, -0.2) is 25.0 Å². The van der Waals surface area contributed by atoms with Crippen LogP contribution in [0.4, 0.5) is 0 Å². The summed E-state index contributed by atoms with van der Waals surface area (Å²) in [6.07, 6.45) is 7.85. The van der Waals surface area contributed by atoms with Gasteiger partial charge >= 0.3 is 0 Å².